The van der Waals surface area contributed by atoms with Crippen LogP contribution in [0.25, 0.3) is 11.3 Å². The van der Waals surface area contributed by atoms with Gasteiger partial charge in [-0.1, -0.05) is 0 Å². The van der Waals surface area contributed by atoms with Crippen molar-refractivity contribution in [2.45, 2.75) is 0 Å². The Kier molecular flexibility index (Phi) is 5.77. The molecule has 0 fully saturated rings. The number of anilines is 2. The molecular formula is C19H19N3O4S. The summed E-state index contributed by atoms with van der Waals surface area (Å²) in [7, 11) is 4.72. The van der Waals surface area contributed by atoms with E-state index in [2.05, 4.69) is 15.6 Å². The van der Waals surface area contributed by atoms with Gasteiger partial charge >= 0.3 is 6.03 Å². The average Bonchev–Trinajstić information content (AvgIpc) is 3.16. The second kappa shape index (κ2) is 8.41. The largest absolute Gasteiger partial charge is 0.497 e. The molecule has 0 spiro atoms. The highest BCUT2D eigenvalue weighted by atomic mass is 32.1. The van der Waals surface area contributed by atoms with Crippen molar-refractivity contribution in [3.8, 4) is 28.5 Å². The Bertz CT molecular complexity index is 925. The Morgan fingerprint density at radius 2 is 1.63 bits per heavy atom. The molecule has 0 aliphatic heterocycles. The van der Waals surface area contributed by atoms with Crippen molar-refractivity contribution < 1.29 is 19.0 Å². The number of nitrogens with zero attached hydrogens (tertiary/aromatic N) is 1. The van der Waals surface area contributed by atoms with E-state index in [0.29, 0.717) is 22.3 Å². The van der Waals surface area contributed by atoms with Gasteiger partial charge in [0.1, 0.15) is 17.2 Å². The molecule has 7 nitrogen and oxygen atoms in total. The van der Waals surface area contributed by atoms with Crippen LogP contribution in [-0.2, 0) is 0 Å². The molecule has 0 unspecified atom stereocenters. The predicted octanol–water partition coefficient (Wildman–Crippen LogP) is 4.48. The van der Waals surface area contributed by atoms with Crippen LogP contribution in [0.2, 0.25) is 0 Å². The number of carbonyl (C=O) groups is 1. The Morgan fingerprint density at radius 3 is 2.30 bits per heavy atom. The van der Waals surface area contributed by atoms with Crippen LogP contribution < -0.4 is 24.8 Å². The number of carbonyl (C=O) groups excluding carboxylic acids is 1. The van der Waals surface area contributed by atoms with Crippen molar-refractivity contribution in [1.29, 1.82) is 0 Å². The number of benzene rings is 2. The predicted molar refractivity (Wildman–Crippen MR) is 106 cm³/mol. The van der Waals surface area contributed by atoms with E-state index in [4.69, 9.17) is 14.2 Å². The lowest BCUT2D eigenvalue weighted by Crippen LogP contribution is -2.19. The lowest BCUT2D eigenvalue weighted by Gasteiger charge is -2.11. The van der Waals surface area contributed by atoms with Crippen molar-refractivity contribution >= 4 is 28.2 Å². The summed E-state index contributed by atoms with van der Waals surface area (Å²) in [6.45, 7) is 0. The summed E-state index contributed by atoms with van der Waals surface area (Å²) in [6.07, 6.45) is 0. The number of thiazole rings is 1. The number of aromatic nitrogens is 1. The molecular weight excluding hydrogens is 366 g/mol. The first-order chi connectivity index (χ1) is 13.1. The summed E-state index contributed by atoms with van der Waals surface area (Å²) in [4.78, 5) is 16.7. The molecule has 3 aromatic rings. The molecule has 2 aromatic carbocycles. The highest BCUT2D eigenvalue weighted by Gasteiger charge is 2.11. The summed E-state index contributed by atoms with van der Waals surface area (Å²) >= 11 is 1.34. The van der Waals surface area contributed by atoms with Gasteiger partial charge in [-0.2, -0.15) is 0 Å². The molecule has 0 atom stereocenters. The average molecular weight is 385 g/mol. The highest BCUT2D eigenvalue weighted by Crippen LogP contribution is 2.30. The molecule has 0 radical (unpaired) electrons. The maximum Gasteiger partial charge on any atom is 0.325 e. The van der Waals surface area contributed by atoms with Gasteiger partial charge in [0.2, 0.25) is 0 Å². The normalized spacial score (nSPS) is 10.2. The third-order valence-corrected chi connectivity index (χ3v) is 4.53. The summed E-state index contributed by atoms with van der Waals surface area (Å²) in [5.41, 5.74) is 2.25. The van der Waals surface area contributed by atoms with Crippen LogP contribution in [0.4, 0.5) is 15.6 Å². The molecule has 2 N–H and O–H groups in total. The van der Waals surface area contributed by atoms with Crippen LogP contribution >= 0.6 is 11.3 Å². The Labute approximate surface area is 160 Å². The number of amides is 2. The van der Waals surface area contributed by atoms with Crippen LogP contribution in [0, 0.1) is 0 Å². The van der Waals surface area contributed by atoms with E-state index in [1.54, 1.807) is 32.4 Å². The number of rotatable bonds is 6. The van der Waals surface area contributed by atoms with E-state index < -0.39 is 6.03 Å². The molecule has 1 heterocycles. The van der Waals surface area contributed by atoms with E-state index in [0.717, 1.165) is 17.0 Å². The topological polar surface area (TPSA) is 81.7 Å². The SMILES string of the molecule is COc1ccc(-c2csc(NC(=O)Nc3ccc(OC)cc3OC)n2)cc1. The third-order valence-electron chi connectivity index (χ3n) is 3.77. The van der Waals surface area contributed by atoms with Gasteiger partial charge in [0, 0.05) is 17.0 Å². The van der Waals surface area contributed by atoms with Crippen molar-refractivity contribution in [2.75, 3.05) is 32.0 Å². The first-order valence-electron chi connectivity index (χ1n) is 8.03. The Hall–Kier alpha value is -3.26. The molecule has 140 valence electrons. The molecule has 1 aromatic heterocycles. The highest BCUT2D eigenvalue weighted by molar-refractivity contribution is 7.14. The summed E-state index contributed by atoms with van der Waals surface area (Å²) in [5.74, 6) is 1.92. The van der Waals surface area contributed by atoms with Gasteiger partial charge in [-0.05, 0) is 36.4 Å². The zero-order chi connectivity index (χ0) is 19.2. The minimum absolute atomic E-state index is 0.408. The number of urea groups is 1. The molecule has 0 aliphatic carbocycles. The van der Waals surface area contributed by atoms with Gasteiger partial charge in [0.05, 0.1) is 32.7 Å². The monoisotopic (exact) mass is 385 g/mol. The fourth-order valence-corrected chi connectivity index (χ4v) is 3.09. The van der Waals surface area contributed by atoms with Gasteiger partial charge in [-0.3, -0.25) is 5.32 Å². The zero-order valence-corrected chi connectivity index (χ0v) is 15.9. The Morgan fingerprint density at radius 1 is 0.926 bits per heavy atom. The van der Waals surface area contributed by atoms with E-state index in [1.165, 1.54) is 18.4 Å². The maximum atomic E-state index is 12.3. The second-order valence-electron chi connectivity index (χ2n) is 5.41. The van der Waals surface area contributed by atoms with E-state index >= 15 is 0 Å². The number of ether oxygens (including phenoxy) is 3. The molecule has 0 saturated heterocycles. The van der Waals surface area contributed by atoms with Gasteiger partial charge in [0.25, 0.3) is 0 Å². The minimum Gasteiger partial charge on any atom is -0.497 e. The second-order valence-corrected chi connectivity index (χ2v) is 6.27. The van der Waals surface area contributed by atoms with Gasteiger partial charge in [-0.25, -0.2) is 9.78 Å². The smallest absolute Gasteiger partial charge is 0.325 e. The number of methoxy groups -OCH3 is 3. The van der Waals surface area contributed by atoms with Crippen LogP contribution in [0.15, 0.2) is 47.8 Å². The van der Waals surface area contributed by atoms with Crippen LogP contribution in [-0.4, -0.2) is 32.3 Å². The third kappa shape index (κ3) is 4.48. The molecule has 8 heteroatoms. The molecule has 0 aliphatic rings. The standard InChI is InChI=1S/C19H19N3O4S/c1-24-13-6-4-12(5-7-13)16-11-27-19(21-16)22-18(23)20-15-9-8-14(25-2)10-17(15)26-3/h4-11H,1-3H3,(H2,20,21,22,23). The summed E-state index contributed by atoms with van der Waals surface area (Å²) < 4.78 is 15.6. The molecule has 0 saturated carbocycles. The van der Waals surface area contributed by atoms with Gasteiger partial charge in [0.15, 0.2) is 5.13 Å². The van der Waals surface area contributed by atoms with Crippen molar-refractivity contribution in [1.82, 2.24) is 4.98 Å². The van der Waals surface area contributed by atoms with Gasteiger partial charge in [-0.15, -0.1) is 11.3 Å². The zero-order valence-electron chi connectivity index (χ0n) is 15.1. The van der Waals surface area contributed by atoms with E-state index in [1.807, 2.05) is 29.6 Å². The van der Waals surface area contributed by atoms with Crippen molar-refractivity contribution in [2.24, 2.45) is 0 Å². The quantitative estimate of drug-likeness (QED) is 0.654. The van der Waals surface area contributed by atoms with Crippen LogP contribution in [0.1, 0.15) is 0 Å². The fourth-order valence-electron chi connectivity index (χ4n) is 2.38. The van der Waals surface area contributed by atoms with Crippen LogP contribution in [0.3, 0.4) is 0 Å². The Balaban J connectivity index is 1.67. The number of nitrogens with one attached hydrogen (secondary N) is 2. The lowest BCUT2D eigenvalue weighted by atomic mass is 10.2. The molecule has 2 amide bonds. The first kappa shape index (κ1) is 18.5. The lowest BCUT2D eigenvalue weighted by molar-refractivity contribution is 0.262. The molecule has 3 rings (SSSR count). The van der Waals surface area contributed by atoms with Crippen molar-refractivity contribution in [3.05, 3.63) is 47.8 Å². The summed E-state index contributed by atoms with van der Waals surface area (Å²) in [5, 5.41) is 7.85. The molecule has 0 bridgehead atoms. The number of hydrogen-bond acceptors (Lipinski definition) is 6. The van der Waals surface area contributed by atoms with Crippen molar-refractivity contribution in [3.63, 3.8) is 0 Å². The first-order valence-corrected chi connectivity index (χ1v) is 8.91. The fraction of sp³-hybridized carbons (Fsp3) is 0.158. The summed E-state index contributed by atoms with van der Waals surface area (Å²) in [6, 6.07) is 12.3. The number of hydrogen-bond donors (Lipinski definition) is 2. The van der Waals surface area contributed by atoms with E-state index in [-0.39, 0.29) is 0 Å². The minimum atomic E-state index is -0.408. The molecule has 27 heavy (non-hydrogen) atoms. The van der Waals surface area contributed by atoms with Gasteiger partial charge < -0.3 is 19.5 Å². The van der Waals surface area contributed by atoms with E-state index in [9.17, 15) is 4.79 Å². The maximum absolute atomic E-state index is 12.3. The van der Waals surface area contributed by atoms with Crippen LogP contribution in [0.5, 0.6) is 17.2 Å².